The van der Waals surface area contributed by atoms with Crippen molar-refractivity contribution < 1.29 is 19.8 Å². The predicted octanol–water partition coefficient (Wildman–Crippen LogP) is 2.31. The normalized spacial score (nSPS) is 21.3. The fourth-order valence-corrected chi connectivity index (χ4v) is 3.98. The molecular formula is C18H28N2O4S. The summed E-state index contributed by atoms with van der Waals surface area (Å²) in [5.41, 5.74) is 0.324. The number of hydrogen-bond acceptors (Lipinski definition) is 5. The molecule has 7 heteroatoms. The molecule has 0 radical (unpaired) electrons. The highest BCUT2D eigenvalue weighted by Gasteiger charge is 2.33. The van der Waals surface area contributed by atoms with Crippen molar-refractivity contribution in [3.63, 3.8) is 0 Å². The third kappa shape index (κ3) is 4.40. The summed E-state index contributed by atoms with van der Waals surface area (Å²) < 4.78 is 0. The van der Waals surface area contributed by atoms with Gasteiger partial charge in [-0.15, -0.1) is 11.3 Å². The Bertz CT molecular complexity index is 656. The maximum absolute atomic E-state index is 13.1. The lowest BCUT2D eigenvalue weighted by molar-refractivity contribution is -0.118. The highest BCUT2D eigenvalue weighted by atomic mass is 32.1. The molecule has 1 aliphatic heterocycles. The summed E-state index contributed by atoms with van der Waals surface area (Å²) in [7, 11) is 0. The molecule has 0 bridgehead atoms. The molecule has 0 aliphatic carbocycles. The topological polar surface area (TPSA) is 89.9 Å². The summed E-state index contributed by atoms with van der Waals surface area (Å²) in [5.74, 6) is -0.396. The quantitative estimate of drug-likeness (QED) is 0.761. The molecule has 1 fully saturated rings. The molecule has 140 valence electrons. The van der Waals surface area contributed by atoms with Gasteiger partial charge >= 0.3 is 0 Å². The first-order valence-electron chi connectivity index (χ1n) is 8.72. The van der Waals surface area contributed by atoms with Crippen molar-refractivity contribution in [2.45, 2.75) is 52.6 Å². The van der Waals surface area contributed by atoms with Crippen LogP contribution in [0.3, 0.4) is 0 Å². The number of rotatable bonds is 4. The van der Waals surface area contributed by atoms with Gasteiger partial charge < -0.3 is 20.4 Å². The summed E-state index contributed by atoms with van der Waals surface area (Å²) in [6.07, 6.45) is 1.47. The highest BCUT2D eigenvalue weighted by molar-refractivity contribution is 7.16. The van der Waals surface area contributed by atoms with Crippen molar-refractivity contribution >= 4 is 28.2 Å². The monoisotopic (exact) mass is 368 g/mol. The second kappa shape index (κ2) is 7.85. The first kappa shape index (κ1) is 19.9. The number of hydrogen-bond donors (Lipinski definition) is 3. The molecule has 0 saturated carbocycles. The number of nitrogens with one attached hydrogen (secondary N) is 1. The van der Waals surface area contributed by atoms with Crippen molar-refractivity contribution in [1.29, 1.82) is 0 Å². The van der Waals surface area contributed by atoms with Gasteiger partial charge in [-0.1, -0.05) is 13.8 Å². The zero-order chi connectivity index (χ0) is 18.8. The van der Waals surface area contributed by atoms with Gasteiger partial charge in [0, 0.05) is 23.9 Å². The van der Waals surface area contributed by atoms with E-state index in [9.17, 15) is 19.8 Å². The largest absolute Gasteiger partial charge is 0.393 e. The van der Waals surface area contributed by atoms with Gasteiger partial charge in [0.05, 0.1) is 17.8 Å². The number of nitrogens with zero attached hydrogens (tertiary/aromatic N) is 1. The van der Waals surface area contributed by atoms with Crippen molar-refractivity contribution in [3.8, 4) is 0 Å². The summed E-state index contributed by atoms with van der Waals surface area (Å²) >= 11 is 1.42. The Morgan fingerprint density at radius 3 is 2.56 bits per heavy atom. The summed E-state index contributed by atoms with van der Waals surface area (Å²) in [5, 5.41) is 23.1. The standard InChI is InChI=1S/C18H28N2O4S/c1-11(2)15(22)19-16-14(12(3)13(4)25-16)17(23)20-8-5-6-18(24,10-21)7-9-20/h11,21,24H,5-10H2,1-4H3,(H,19,22). The molecule has 1 saturated heterocycles. The Labute approximate surface area is 152 Å². The van der Waals surface area contributed by atoms with Gasteiger partial charge in [0.15, 0.2) is 0 Å². The van der Waals surface area contributed by atoms with Crippen LogP contribution in [0.15, 0.2) is 0 Å². The molecule has 0 aromatic carbocycles. The number of thiophene rings is 1. The third-order valence-corrected chi connectivity index (χ3v) is 5.98. The van der Waals surface area contributed by atoms with E-state index in [-0.39, 0.29) is 24.3 Å². The Balaban J connectivity index is 2.25. The molecule has 1 aromatic rings. The predicted molar refractivity (Wildman–Crippen MR) is 99.1 cm³/mol. The number of anilines is 1. The molecule has 1 aliphatic rings. The molecule has 1 aromatic heterocycles. The van der Waals surface area contributed by atoms with Crippen molar-refractivity contribution in [3.05, 3.63) is 16.0 Å². The molecule has 25 heavy (non-hydrogen) atoms. The summed E-state index contributed by atoms with van der Waals surface area (Å²) in [6.45, 7) is 8.10. The van der Waals surface area contributed by atoms with Crippen LogP contribution < -0.4 is 5.32 Å². The minimum Gasteiger partial charge on any atom is -0.393 e. The number of amides is 2. The molecule has 2 heterocycles. The Hall–Kier alpha value is -1.44. The van der Waals surface area contributed by atoms with E-state index in [1.165, 1.54) is 11.3 Å². The number of carbonyl (C=O) groups is 2. The van der Waals surface area contributed by atoms with E-state index in [0.717, 1.165) is 10.4 Å². The zero-order valence-corrected chi connectivity index (χ0v) is 16.2. The lowest BCUT2D eigenvalue weighted by Gasteiger charge is -2.24. The van der Waals surface area contributed by atoms with Crippen LogP contribution in [-0.4, -0.2) is 52.2 Å². The zero-order valence-electron chi connectivity index (χ0n) is 15.4. The van der Waals surface area contributed by atoms with E-state index in [0.29, 0.717) is 42.9 Å². The van der Waals surface area contributed by atoms with Crippen LogP contribution in [0.1, 0.15) is 53.9 Å². The minimum absolute atomic E-state index is 0.110. The first-order valence-corrected chi connectivity index (χ1v) is 9.53. The molecule has 1 unspecified atom stereocenters. The number of likely N-dealkylation sites (tertiary alicyclic amines) is 1. The number of aliphatic hydroxyl groups is 2. The Kier molecular flexibility index (Phi) is 6.24. The molecule has 2 rings (SSSR count). The van der Waals surface area contributed by atoms with Gasteiger partial charge in [0.25, 0.3) is 5.91 Å². The fraction of sp³-hybridized carbons (Fsp3) is 0.667. The third-order valence-electron chi connectivity index (χ3n) is 4.86. The van der Waals surface area contributed by atoms with E-state index in [1.807, 2.05) is 27.7 Å². The lowest BCUT2D eigenvalue weighted by atomic mass is 9.96. The van der Waals surface area contributed by atoms with Crippen molar-refractivity contribution in [2.24, 2.45) is 5.92 Å². The maximum atomic E-state index is 13.1. The number of carbonyl (C=O) groups excluding carboxylic acids is 2. The molecule has 6 nitrogen and oxygen atoms in total. The van der Waals surface area contributed by atoms with E-state index >= 15 is 0 Å². The van der Waals surface area contributed by atoms with Crippen LogP contribution in [0.5, 0.6) is 0 Å². The maximum Gasteiger partial charge on any atom is 0.257 e. The highest BCUT2D eigenvalue weighted by Crippen LogP contribution is 2.34. The molecule has 1 atom stereocenters. The Morgan fingerprint density at radius 2 is 1.96 bits per heavy atom. The van der Waals surface area contributed by atoms with Crippen molar-refractivity contribution in [2.75, 3.05) is 25.0 Å². The second-order valence-electron chi connectivity index (χ2n) is 7.16. The first-order chi connectivity index (χ1) is 11.7. The molecular weight excluding hydrogens is 340 g/mol. The second-order valence-corrected chi connectivity index (χ2v) is 8.38. The average molecular weight is 368 g/mol. The van der Waals surface area contributed by atoms with Crippen LogP contribution in [0.25, 0.3) is 0 Å². The van der Waals surface area contributed by atoms with E-state index in [1.54, 1.807) is 4.90 Å². The van der Waals surface area contributed by atoms with Gasteiger partial charge in [-0.2, -0.15) is 0 Å². The average Bonchev–Trinajstić information content (AvgIpc) is 2.73. The SMILES string of the molecule is Cc1sc(NC(=O)C(C)C)c(C(=O)N2CCCC(O)(CO)CC2)c1C. The van der Waals surface area contributed by atoms with Crippen LogP contribution in [-0.2, 0) is 4.79 Å². The Morgan fingerprint density at radius 1 is 1.28 bits per heavy atom. The van der Waals surface area contributed by atoms with Crippen LogP contribution in [0.2, 0.25) is 0 Å². The van der Waals surface area contributed by atoms with Gasteiger partial charge in [-0.05, 0) is 38.7 Å². The van der Waals surface area contributed by atoms with Gasteiger partial charge in [-0.25, -0.2) is 0 Å². The van der Waals surface area contributed by atoms with E-state index in [4.69, 9.17) is 0 Å². The molecule has 3 N–H and O–H groups in total. The van der Waals surface area contributed by atoms with Crippen LogP contribution in [0, 0.1) is 19.8 Å². The minimum atomic E-state index is -1.11. The van der Waals surface area contributed by atoms with E-state index in [2.05, 4.69) is 5.32 Å². The lowest BCUT2D eigenvalue weighted by Crippen LogP contribution is -2.36. The smallest absolute Gasteiger partial charge is 0.257 e. The number of aliphatic hydroxyl groups excluding tert-OH is 1. The van der Waals surface area contributed by atoms with Crippen LogP contribution >= 0.6 is 11.3 Å². The number of aryl methyl sites for hydroxylation is 1. The van der Waals surface area contributed by atoms with Gasteiger partial charge in [0.2, 0.25) is 5.91 Å². The van der Waals surface area contributed by atoms with Crippen molar-refractivity contribution in [1.82, 2.24) is 4.90 Å². The van der Waals surface area contributed by atoms with E-state index < -0.39 is 5.60 Å². The van der Waals surface area contributed by atoms with Gasteiger partial charge in [-0.3, -0.25) is 9.59 Å². The fourth-order valence-electron chi connectivity index (χ4n) is 2.93. The molecule has 0 spiro atoms. The summed E-state index contributed by atoms with van der Waals surface area (Å²) in [4.78, 5) is 27.9. The molecule has 2 amide bonds. The van der Waals surface area contributed by atoms with Crippen LogP contribution in [0.4, 0.5) is 5.00 Å². The summed E-state index contributed by atoms with van der Waals surface area (Å²) in [6, 6.07) is 0. The van der Waals surface area contributed by atoms with Gasteiger partial charge in [0.1, 0.15) is 5.00 Å².